The van der Waals surface area contributed by atoms with Gasteiger partial charge in [0.05, 0.1) is 12.6 Å². The lowest BCUT2D eigenvalue weighted by molar-refractivity contribution is -0.137. The molecule has 4 heterocycles. The first kappa shape index (κ1) is 17.9. The van der Waals surface area contributed by atoms with Crippen LogP contribution in [0.5, 0.6) is 0 Å². The highest BCUT2D eigenvalue weighted by Gasteiger charge is 2.46. The molecular formula is C19H32N6O. The first-order chi connectivity index (χ1) is 12.6. The minimum absolute atomic E-state index is 0.0780. The Morgan fingerprint density at radius 2 is 1.96 bits per heavy atom. The molecule has 0 bridgehead atoms. The second-order valence-electron chi connectivity index (χ2n) is 8.44. The summed E-state index contributed by atoms with van der Waals surface area (Å²) in [6, 6.07) is 0.0780. The second-order valence-corrected chi connectivity index (χ2v) is 8.44. The van der Waals surface area contributed by atoms with Crippen LogP contribution in [-0.2, 0) is 18.4 Å². The molecule has 1 N–H and O–H groups in total. The number of rotatable bonds is 3. The van der Waals surface area contributed by atoms with Crippen LogP contribution in [-0.4, -0.2) is 89.1 Å². The van der Waals surface area contributed by atoms with Crippen molar-refractivity contribution in [1.82, 2.24) is 29.6 Å². The Morgan fingerprint density at radius 3 is 2.62 bits per heavy atom. The van der Waals surface area contributed by atoms with Crippen molar-refractivity contribution >= 4 is 5.91 Å². The van der Waals surface area contributed by atoms with Gasteiger partial charge in [0.1, 0.15) is 5.82 Å². The smallest absolute Gasteiger partial charge is 0.240 e. The van der Waals surface area contributed by atoms with Crippen molar-refractivity contribution in [3.8, 4) is 0 Å². The summed E-state index contributed by atoms with van der Waals surface area (Å²) in [6.07, 6.45) is 7.29. The average Bonchev–Trinajstić information content (AvgIpc) is 3.19. The van der Waals surface area contributed by atoms with E-state index in [-0.39, 0.29) is 6.04 Å². The van der Waals surface area contributed by atoms with E-state index in [9.17, 15) is 4.79 Å². The number of piperidine rings is 1. The Kier molecular flexibility index (Phi) is 5.03. The normalized spacial score (nSPS) is 27.3. The first-order valence-electron chi connectivity index (χ1n) is 9.95. The van der Waals surface area contributed by atoms with Crippen molar-refractivity contribution in [2.24, 2.45) is 12.5 Å². The molecule has 144 valence electrons. The number of nitrogens with one attached hydrogen (secondary N) is 1. The molecule has 3 aliphatic rings. The van der Waals surface area contributed by atoms with Crippen molar-refractivity contribution < 1.29 is 4.79 Å². The zero-order valence-electron chi connectivity index (χ0n) is 16.2. The van der Waals surface area contributed by atoms with Crippen LogP contribution in [0.2, 0.25) is 0 Å². The highest BCUT2D eigenvalue weighted by atomic mass is 16.2. The highest BCUT2D eigenvalue weighted by Crippen LogP contribution is 2.41. The summed E-state index contributed by atoms with van der Waals surface area (Å²) in [6.45, 7) is 7.68. The minimum atomic E-state index is 0.0780. The fourth-order valence-electron chi connectivity index (χ4n) is 4.95. The summed E-state index contributed by atoms with van der Waals surface area (Å²) < 4.78 is 2.07. The molecule has 1 spiro atoms. The molecule has 7 heteroatoms. The molecule has 4 rings (SSSR count). The van der Waals surface area contributed by atoms with E-state index in [2.05, 4.69) is 36.6 Å². The van der Waals surface area contributed by atoms with Crippen LogP contribution in [0.15, 0.2) is 12.4 Å². The van der Waals surface area contributed by atoms with Crippen LogP contribution in [0.1, 0.15) is 25.1 Å². The van der Waals surface area contributed by atoms with Crippen LogP contribution in [0.3, 0.4) is 0 Å². The number of carbonyl (C=O) groups is 1. The predicted octanol–water partition coefficient (Wildman–Crippen LogP) is 0.138. The number of aromatic nitrogens is 2. The van der Waals surface area contributed by atoms with Gasteiger partial charge < -0.3 is 14.8 Å². The number of carbonyl (C=O) groups excluding carboxylic acids is 1. The number of likely N-dealkylation sites (N-methyl/N-ethyl adjacent to an activating group) is 1. The summed E-state index contributed by atoms with van der Waals surface area (Å²) in [5.74, 6) is 1.44. The SMILES string of the molecule is CN1CC2(CCNCC2)C[C@@H]1C(=O)N1CCN(Cc2nccn2C)CC1. The molecule has 0 radical (unpaired) electrons. The Bertz CT molecular complexity index is 630. The third kappa shape index (κ3) is 3.52. The highest BCUT2D eigenvalue weighted by molar-refractivity contribution is 5.82. The molecule has 0 saturated carbocycles. The maximum Gasteiger partial charge on any atom is 0.240 e. The summed E-state index contributed by atoms with van der Waals surface area (Å²) in [7, 11) is 4.17. The maximum absolute atomic E-state index is 13.1. The molecule has 0 aliphatic carbocycles. The molecule has 0 unspecified atom stereocenters. The van der Waals surface area contributed by atoms with Crippen molar-refractivity contribution in [3.63, 3.8) is 0 Å². The third-order valence-electron chi connectivity index (χ3n) is 6.66. The van der Waals surface area contributed by atoms with Crippen molar-refractivity contribution in [2.45, 2.75) is 31.8 Å². The van der Waals surface area contributed by atoms with Gasteiger partial charge in [0.25, 0.3) is 0 Å². The lowest BCUT2D eigenvalue weighted by Gasteiger charge is -2.37. The van der Waals surface area contributed by atoms with Gasteiger partial charge in [-0.15, -0.1) is 0 Å². The van der Waals surface area contributed by atoms with Gasteiger partial charge in [-0.25, -0.2) is 4.98 Å². The van der Waals surface area contributed by atoms with Crippen LogP contribution in [0.25, 0.3) is 0 Å². The van der Waals surface area contributed by atoms with Gasteiger partial charge >= 0.3 is 0 Å². The van der Waals surface area contributed by atoms with Crippen LogP contribution >= 0.6 is 0 Å². The Balaban J connectivity index is 1.31. The van der Waals surface area contributed by atoms with Gasteiger partial charge in [0, 0.05) is 52.2 Å². The number of aryl methyl sites for hydroxylation is 1. The summed E-state index contributed by atoms with van der Waals surface area (Å²) in [5, 5.41) is 3.46. The van der Waals surface area contributed by atoms with Crippen LogP contribution < -0.4 is 5.32 Å². The number of hydrogen-bond donors (Lipinski definition) is 1. The molecule has 3 aliphatic heterocycles. The zero-order valence-corrected chi connectivity index (χ0v) is 16.2. The molecule has 1 atom stereocenters. The molecule has 1 amide bonds. The topological polar surface area (TPSA) is 56.6 Å². The largest absolute Gasteiger partial charge is 0.339 e. The summed E-state index contributed by atoms with van der Waals surface area (Å²) >= 11 is 0. The lowest BCUT2D eigenvalue weighted by Crippen LogP contribution is -2.53. The predicted molar refractivity (Wildman–Crippen MR) is 101 cm³/mol. The average molecular weight is 361 g/mol. The number of piperazine rings is 1. The summed E-state index contributed by atoms with van der Waals surface area (Å²) in [4.78, 5) is 24.4. The van der Waals surface area contributed by atoms with E-state index >= 15 is 0 Å². The Labute approximate surface area is 156 Å². The third-order valence-corrected chi connectivity index (χ3v) is 6.66. The van der Waals surface area contributed by atoms with Gasteiger partial charge in [0.2, 0.25) is 5.91 Å². The number of likely N-dealkylation sites (tertiary alicyclic amines) is 1. The lowest BCUT2D eigenvalue weighted by atomic mass is 9.77. The van der Waals surface area contributed by atoms with E-state index in [0.717, 1.165) is 64.6 Å². The molecule has 7 nitrogen and oxygen atoms in total. The minimum Gasteiger partial charge on any atom is -0.339 e. The first-order valence-corrected chi connectivity index (χ1v) is 9.95. The van der Waals surface area contributed by atoms with E-state index in [0.29, 0.717) is 11.3 Å². The number of nitrogens with zero attached hydrogens (tertiary/aromatic N) is 5. The molecule has 3 saturated heterocycles. The van der Waals surface area contributed by atoms with Crippen LogP contribution in [0.4, 0.5) is 0 Å². The quantitative estimate of drug-likeness (QED) is 0.831. The summed E-state index contributed by atoms with van der Waals surface area (Å²) in [5.41, 5.74) is 0.361. The molecular weight excluding hydrogens is 328 g/mol. The maximum atomic E-state index is 13.1. The fraction of sp³-hybridized carbons (Fsp3) is 0.789. The van der Waals surface area contributed by atoms with Gasteiger partial charge in [0.15, 0.2) is 0 Å². The fourth-order valence-corrected chi connectivity index (χ4v) is 4.95. The molecule has 3 fully saturated rings. The monoisotopic (exact) mass is 360 g/mol. The molecule has 26 heavy (non-hydrogen) atoms. The van der Waals surface area contributed by atoms with E-state index in [4.69, 9.17) is 0 Å². The Morgan fingerprint density at radius 1 is 1.23 bits per heavy atom. The van der Waals surface area contributed by atoms with Gasteiger partial charge in [-0.05, 0) is 44.8 Å². The Hall–Kier alpha value is -1.44. The molecule has 1 aromatic rings. The molecule has 0 aromatic carbocycles. The van der Waals surface area contributed by atoms with Crippen molar-refractivity contribution in [3.05, 3.63) is 18.2 Å². The van der Waals surface area contributed by atoms with E-state index in [1.807, 2.05) is 19.4 Å². The van der Waals surface area contributed by atoms with Gasteiger partial charge in [-0.2, -0.15) is 0 Å². The van der Waals surface area contributed by atoms with E-state index in [1.165, 1.54) is 12.8 Å². The zero-order chi connectivity index (χ0) is 18.1. The van der Waals surface area contributed by atoms with E-state index < -0.39 is 0 Å². The van der Waals surface area contributed by atoms with Crippen molar-refractivity contribution in [2.75, 3.05) is 52.9 Å². The number of amides is 1. The van der Waals surface area contributed by atoms with E-state index in [1.54, 1.807) is 0 Å². The second kappa shape index (κ2) is 7.29. The van der Waals surface area contributed by atoms with Gasteiger partial charge in [-0.1, -0.05) is 0 Å². The number of hydrogen-bond acceptors (Lipinski definition) is 5. The molecule has 1 aromatic heterocycles. The number of imidazole rings is 1. The van der Waals surface area contributed by atoms with Crippen molar-refractivity contribution in [1.29, 1.82) is 0 Å². The standard InChI is InChI=1S/C19H32N6O/c1-22-8-7-21-17(22)14-24-9-11-25(12-10-24)18(26)16-13-19(15-23(16)2)3-5-20-6-4-19/h7-8,16,20H,3-6,9-15H2,1-2H3/t16-/m1/s1. The van der Waals surface area contributed by atoms with Gasteiger partial charge in [-0.3, -0.25) is 14.6 Å². The van der Waals surface area contributed by atoms with Crippen LogP contribution in [0, 0.1) is 5.41 Å².